The topological polar surface area (TPSA) is 87.7 Å². The van der Waals surface area contributed by atoms with Crippen molar-refractivity contribution in [3.8, 4) is 11.9 Å². The second kappa shape index (κ2) is 5.32. The molecule has 0 fully saturated rings. The van der Waals surface area contributed by atoms with Crippen molar-refractivity contribution in [2.45, 2.75) is 32.1 Å². The molecule has 118 valence electrons. The predicted octanol–water partition coefficient (Wildman–Crippen LogP) is 3.58. The summed E-state index contributed by atoms with van der Waals surface area (Å²) in [5, 5.41) is 17.5. The zero-order valence-electron chi connectivity index (χ0n) is 13.1. The molecule has 23 heavy (non-hydrogen) atoms. The van der Waals surface area contributed by atoms with Crippen molar-refractivity contribution in [2.24, 2.45) is 5.73 Å². The molecule has 1 atom stereocenters. The first kappa shape index (κ1) is 15.4. The first-order chi connectivity index (χ1) is 10.8. The van der Waals surface area contributed by atoms with E-state index in [0.29, 0.717) is 16.5 Å². The molecule has 0 bridgehead atoms. The Morgan fingerprint density at radius 3 is 2.74 bits per heavy atom. The molecular weight excluding hydrogens is 312 g/mol. The minimum Gasteiger partial charge on any atom is -0.420 e. The van der Waals surface area contributed by atoms with Gasteiger partial charge in [-0.05, 0) is 17.7 Å². The van der Waals surface area contributed by atoms with Crippen LogP contribution in [0, 0.1) is 11.3 Å². The fourth-order valence-corrected chi connectivity index (χ4v) is 3.03. The lowest BCUT2D eigenvalue weighted by Crippen LogP contribution is -2.23. The van der Waals surface area contributed by atoms with Gasteiger partial charge in [-0.15, -0.1) is 5.10 Å². The second-order valence-electron chi connectivity index (χ2n) is 6.55. The van der Waals surface area contributed by atoms with Gasteiger partial charge in [0.25, 0.3) is 0 Å². The minimum absolute atomic E-state index is 0.0805. The quantitative estimate of drug-likeness (QED) is 0.837. The Balaban J connectivity index is 2.28. The molecule has 0 aliphatic carbocycles. The third-order valence-electron chi connectivity index (χ3n) is 3.87. The lowest BCUT2D eigenvalue weighted by molar-refractivity contribution is 0.378. The fourth-order valence-electron chi connectivity index (χ4n) is 2.84. The number of fused-ring (bicyclic) bond motifs is 1. The van der Waals surface area contributed by atoms with E-state index < -0.39 is 0 Å². The standard InChI is InChI=1S/C17H17ClN4O/c1-17(2,3)14-13-12(9-5-4-6-10(18)7-9)11(8-19)15(20)23-16(13)22-21-14/h4-7,12H,20H2,1-3H3,(H,21,22)/t12-/m1/s1. The van der Waals surface area contributed by atoms with E-state index in [1.54, 1.807) is 6.07 Å². The fraction of sp³-hybridized carbons (Fsp3) is 0.294. The molecule has 1 aliphatic rings. The summed E-state index contributed by atoms with van der Waals surface area (Å²) in [4.78, 5) is 0. The molecular formula is C17H17ClN4O. The number of benzene rings is 1. The van der Waals surface area contributed by atoms with E-state index in [2.05, 4.69) is 37.0 Å². The molecule has 1 aromatic heterocycles. The number of allylic oxidation sites excluding steroid dienone is 1. The number of hydrogen-bond donors (Lipinski definition) is 2. The van der Waals surface area contributed by atoms with Gasteiger partial charge in [0.2, 0.25) is 11.8 Å². The van der Waals surface area contributed by atoms with Crippen LogP contribution < -0.4 is 10.5 Å². The average molecular weight is 329 g/mol. The average Bonchev–Trinajstić information content (AvgIpc) is 2.89. The van der Waals surface area contributed by atoms with Crippen LogP contribution in [0.15, 0.2) is 35.7 Å². The van der Waals surface area contributed by atoms with E-state index in [1.807, 2.05) is 18.2 Å². The number of H-pyrrole nitrogens is 1. The largest absolute Gasteiger partial charge is 0.420 e. The van der Waals surface area contributed by atoms with Crippen LogP contribution in [0.5, 0.6) is 5.88 Å². The van der Waals surface area contributed by atoms with Crippen molar-refractivity contribution >= 4 is 11.6 Å². The molecule has 0 unspecified atom stereocenters. The van der Waals surface area contributed by atoms with Crippen LogP contribution in [-0.4, -0.2) is 10.2 Å². The zero-order valence-corrected chi connectivity index (χ0v) is 13.9. The number of nitrogens with one attached hydrogen (secondary N) is 1. The van der Waals surface area contributed by atoms with E-state index in [0.717, 1.165) is 16.8 Å². The van der Waals surface area contributed by atoms with E-state index >= 15 is 0 Å². The Morgan fingerprint density at radius 2 is 2.13 bits per heavy atom. The summed E-state index contributed by atoms with van der Waals surface area (Å²) in [6.07, 6.45) is 0. The summed E-state index contributed by atoms with van der Waals surface area (Å²) in [6.45, 7) is 6.22. The van der Waals surface area contributed by atoms with Crippen LogP contribution in [0.1, 0.15) is 43.5 Å². The maximum absolute atomic E-state index is 9.59. The van der Waals surface area contributed by atoms with Crippen LogP contribution in [0.2, 0.25) is 5.02 Å². The van der Waals surface area contributed by atoms with Gasteiger partial charge in [-0.3, -0.25) is 5.10 Å². The Bertz CT molecular complexity index is 839. The Labute approximate surface area is 139 Å². The van der Waals surface area contributed by atoms with Gasteiger partial charge in [-0.25, -0.2) is 0 Å². The highest BCUT2D eigenvalue weighted by molar-refractivity contribution is 6.30. The zero-order chi connectivity index (χ0) is 16.8. The Hall–Kier alpha value is -2.45. The number of nitrogens with zero attached hydrogens (tertiary/aromatic N) is 2. The van der Waals surface area contributed by atoms with Crippen molar-refractivity contribution in [1.82, 2.24) is 10.2 Å². The first-order valence-electron chi connectivity index (χ1n) is 7.24. The number of halogens is 1. The van der Waals surface area contributed by atoms with Gasteiger partial charge < -0.3 is 10.5 Å². The molecule has 2 aromatic rings. The smallest absolute Gasteiger partial charge is 0.244 e. The molecule has 0 spiro atoms. The summed E-state index contributed by atoms with van der Waals surface area (Å²) < 4.78 is 5.55. The maximum atomic E-state index is 9.59. The van der Waals surface area contributed by atoms with Gasteiger partial charge in [-0.1, -0.05) is 44.5 Å². The van der Waals surface area contributed by atoms with Crippen LogP contribution >= 0.6 is 11.6 Å². The van der Waals surface area contributed by atoms with Crippen LogP contribution in [0.25, 0.3) is 0 Å². The van der Waals surface area contributed by atoms with Crippen molar-refractivity contribution in [1.29, 1.82) is 5.26 Å². The van der Waals surface area contributed by atoms with Crippen molar-refractivity contribution in [3.63, 3.8) is 0 Å². The third-order valence-corrected chi connectivity index (χ3v) is 4.11. The third kappa shape index (κ3) is 2.55. The monoisotopic (exact) mass is 328 g/mol. The minimum atomic E-state index is -0.351. The number of nitrogens with two attached hydrogens (primary N) is 1. The van der Waals surface area contributed by atoms with Crippen molar-refractivity contribution in [2.75, 3.05) is 0 Å². The van der Waals surface area contributed by atoms with Crippen LogP contribution in [0.3, 0.4) is 0 Å². The Morgan fingerprint density at radius 1 is 1.39 bits per heavy atom. The van der Waals surface area contributed by atoms with Crippen LogP contribution in [0.4, 0.5) is 0 Å². The molecule has 3 N–H and O–H groups in total. The highest BCUT2D eigenvalue weighted by Gasteiger charge is 2.37. The maximum Gasteiger partial charge on any atom is 0.244 e. The van der Waals surface area contributed by atoms with Crippen molar-refractivity contribution in [3.05, 3.63) is 57.6 Å². The molecule has 0 amide bonds. The van der Waals surface area contributed by atoms with Gasteiger partial charge in [0.1, 0.15) is 11.6 Å². The molecule has 1 aliphatic heterocycles. The predicted molar refractivity (Wildman–Crippen MR) is 88.0 cm³/mol. The van der Waals surface area contributed by atoms with Crippen LogP contribution in [-0.2, 0) is 5.41 Å². The van der Waals surface area contributed by atoms with Crippen molar-refractivity contribution < 1.29 is 4.74 Å². The summed E-state index contributed by atoms with van der Waals surface area (Å²) in [5.74, 6) is 0.142. The van der Waals surface area contributed by atoms with Gasteiger partial charge in [0, 0.05) is 16.1 Å². The highest BCUT2D eigenvalue weighted by atomic mass is 35.5. The van der Waals surface area contributed by atoms with Gasteiger partial charge in [0.05, 0.1) is 11.5 Å². The first-order valence-corrected chi connectivity index (χ1v) is 7.62. The van der Waals surface area contributed by atoms with E-state index in [1.165, 1.54) is 0 Å². The van der Waals surface area contributed by atoms with Gasteiger partial charge >= 0.3 is 0 Å². The lowest BCUT2D eigenvalue weighted by Gasteiger charge is -2.27. The second-order valence-corrected chi connectivity index (χ2v) is 6.98. The SMILES string of the molecule is CC(C)(C)c1[nH]nc2c1[C@H](c1cccc(Cl)c1)C(C#N)=C(N)O2. The van der Waals surface area contributed by atoms with E-state index in [-0.39, 0.29) is 17.2 Å². The number of hydrogen-bond acceptors (Lipinski definition) is 4. The molecule has 1 aromatic carbocycles. The summed E-state index contributed by atoms with van der Waals surface area (Å²) in [6, 6.07) is 9.59. The normalized spacial score (nSPS) is 17.4. The summed E-state index contributed by atoms with van der Waals surface area (Å²) in [5.41, 5.74) is 8.75. The highest BCUT2D eigenvalue weighted by Crippen LogP contribution is 2.45. The summed E-state index contributed by atoms with van der Waals surface area (Å²) >= 11 is 6.14. The molecule has 6 heteroatoms. The number of aromatic amines is 1. The summed E-state index contributed by atoms with van der Waals surface area (Å²) in [7, 11) is 0. The molecule has 0 radical (unpaired) electrons. The molecule has 0 saturated heterocycles. The van der Waals surface area contributed by atoms with Gasteiger partial charge in [-0.2, -0.15) is 5.26 Å². The molecule has 5 nitrogen and oxygen atoms in total. The number of nitriles is 1. The number of ether oxygens (including phenoxy) is 1. The molecule has 2 heterocycles. The molecule has 3 rings (SSSR count). The van der Waals surface area contributed by atoms with E-state index in [9.17, 15) is 5.26 Å². The number of rotatable bonds is 1. The lowest BCUT2D eigenvalue weighted by atomic mass is 9.79. The Kier molecular flexibility index (Phi) is 3.57. The number of aromatic nitrogens is 2. The molecule has 0 saturated carbocycles. The van der Waals surface area contributed by atoms with Gasteiger partial charge in [0.15, 0.2) is 0 Å². The van der Waals surface area contributed by atoms with E-state index in [4.69, 9.17) is 22.1 Å².